The monoisotopic (exact) mass is 463 g/mol. The molecule has 8 nitrogen and oxygen atoms in total. The Morgan fingerprint density at radius 3 is 2.47 bits per heavy atom. The number of rotatable bonds is 4. The summed E-state index contributed by atoms with van der Waals surface area (Å²) in [5.74, 6) is 0.703. The van der Waals surface area contributed by atoms with Gasteiger partial charge in [-0.2, -0.15) is 18.3 Å². The summed E-state index contributed by atoms with van der Waals surface area (Å²) in [6.07, 6.45) is 0.249. The van der Waals surface area contributed by atoms with E-state index in [1.165, 1.54) is 33.6 Å². The van der Waals surface area contributed by atoms with Crippen LogP contribution in [0.5, 0.6) is 0 Å². The van der Waals surface area contributed by atoms with Gasteiger partial charge in [0.15, 0.2) is 0 Å². The van der Waals surface area contributed by atoms with Crippen LogP contribution in [0, 0.1) is 0 Å². The molecule has 4 heterocycles. The average Bonchev–Trinajstić information content (AvgIpc) is 3.20. The molecule has 2 N–H and O–H groups in total. The average molecular weight is 463 g/mol. The van der Waals surface area contributed by atoms with E-state index in [0.29, 0.717) is 39.6 Å². The molecule has 5 rings (SSSR count). The zero-order chi connectivity index (χ0) is 23.9. The van der Waals surface area contributed by atoms with E-state index >= 15 is 0 Å². The highest BCUT2D eigenvalue weighted by molar-refractivity contribution is 5.90. The van der Waals surface area contributed by atoms with E-state index in [9.17, 15) is 18.0 Å². The Labute approximate surface area is 190 Å². The predicted molar refractivity (Wildman–Crippen MR) is 119 cm³/mol. The van der Waals surface area contributed by atoms with Gasteiger partial charge < -0.3 is 10.3 Å². The number of hydrogen-bond donors (Lipinski definition) is 1. The fourth-order valence-electron chi connectivity index (χ4n) is 3.56. The van der Waals surface area contributed by atoms with E-state index < -0.39 is 11.7 Å². The molecule has 0 bridgehead atoms. The van der Waals surface area contributed by atoms with Crippen LogP contribution in [0.1, 0.15) is 11.4 Å². The number of hydrogen-bond acceptors (Lipinski definition) is 6. The van der Waals surface area contributed by atoms with E-state index in [1.54, 1.807) is 36.7 Å². The molecule has 5 aromatic rings. The molecule has 0 saturated carbocycles. The highest BCUT2D eigenvalue weighted by atomic mass is 19.4. The van der Waals surface area contributed by atoms with Crippen LogP contribution in [0.15, 0.2) is 78.0 Å². The topological polar surface area (TPSA) is 105 Å². The van der Waals surface area contributed by atoms with Crippen molar-refractivity contribution in [2.75, 3.05) is 5.73 Å². The van der Waals surface area contributed by atoms with Gasteiger partial charge >= 0.3 is 6.18 Å². The van der Waals surface area contributed by atoms with Crippen LogP contribution in [0.3, 0.4) is 0 Å². The number of aromatic nitrogens is 6. The first kappa shape index (κ1) is 21.3. The molecule has 0 amide bonds. The van der Waals surface area contributed by atoms with Crippen molar-refractivity contribution in [3.05, 3.63) is 94.9 Å². The second kappa shape index (κ2) is 8.10. The number of alkyl halides is 3. The molecule has 0 saturated heterocycles. The minimum Gasteiger partial charge on any atom is -0.384 e. The summed E-state index contributed by atoms with van der Waals surface area (Å²) in [7, 11) is 0. The predicted octanol–water partition coefficient (Wildman–Crippen LogP) is 3.69. The van der Waals surface area contributed by atoms with E-state index in [-0.39, 0.29) is 12.1 Å². The zero-order valence-electron chi connectivity index (χ0n) is 17.4. The molecule has 0 aliphatic heterocycles. The summed E-state index contributed by atoms with van der Waals surface area (Å²) in [6, 6.07) is 12.9. The quantitative estimate of drug-likeness (QED) is 0.436. The highest BCUT2D eigenvalue weighted by Gasteiger charge is 2.30. The molecule has 0 atom stereocenters. The van der Waals surface area contributed by atoms with Crippen LogP contribution in [0.2, 0.25) is 0 Å². The molecule has 0 aliphatic rings. The largest absolute Gasteiger partial charge is 0.416 e. The smallest absolute Gasteiger partial charge is 0.384 e. The molecule has 34 heavy (non-hydrogen) atoms. The van der Waals surface area contributed by atoms with Crippen LogP contribution in [-0.4, -0.2) is 29.3 Å². The molecule has 1 aromatic carbocycles. The van der Waals surface area contributed by atoms with E-state index in [1.807, 2.05) is 0 Å². The van der Waals surface area contributed by atoms with Gasteiger partial charge in [0.2, 0.25) is 0 Å². The van der Waals surface area contributed by atoms with Crippen molar-refractivity contribution < 1.29 is 13.2 Å². The van der Waals surface area contributed by atoms with Crippen LogP contribution in [-0.2, 0) is 12.7 Å². The lowest BCUT2D eigenvalue weighted by atomic mass is 10.1. The first-order chi connectivity index (χ1) is 16.3. The van der Waals surface area contributed by atoms with Crippen molar-refractivity contribution in [2.24, 2.45) is 0 Å². The molecule has 0 radical (unpaired) electrons. The Morgan fingerprint density at radius 2 is 1.76 bits per heavy atom. The second-order valence-corrected chi connectivity index (χ2v) is 7.46. The van der Waals surface area contributed by atoms with Gasteiger partial charge in [0.1, 0.15) is 22.9 Å². The van der Waals surface area contributed by atoms with Gasteiger partial charge in [0.25, 0.3) is 5.56 Å². The van der Waals surface area contributed by atoms with Crippen molar-refractivity contribution in [2.45, 2.75) is 12.7 Å². The Hall–Kier alpha value is -4.54. The molecular weight excluding hydrogens is 447 g/mol. The number of fused-ring (bicyclic) bond motifs is 1. The standard InChI is InChI=1S/C23H16F3N7O/c24-23(25,26)15-5-3-14(4-6-15)21-22-17(2-1-9-29-22)33(31-21)16-8-11-32(20(34)12-16)13-19-28-10-7-18(27)30-19/h1-12H,13H2,(H2,27,28,30). The van der Waals surface area contributed by atoms with E-state index in [4.69, 9.17) is 5.73 Å². The maximum atomic E-state index is 13.0. The Balaban J connectivity index is 1.55. The molecule has 0 unspecified atom stereocenters. The van der Waals surface area contributed by atoms with Gasteiger partial charge in [0.05, 0.1) is 23.3 Å². The molecule has 4 aromatic heterocycles. The first-order valence-electron chi connectivity index (χ1n) is 10.1. The van der Waals surface area contributed by atoms with Gasteiger partial charge in [-0.05, 0) is 36.4 Å². The minimum absolute atomic E-state index is 0.141. The van der Waals surface area contributed by atoms with Gasteiger partial charge in [-0.15, -0.1) is 0 Å². The number of nitrogen functional groups attached to an aromatic ring is 1. The molecule has 11 heteroatoms. The van der Waals surface area contributed by atoms with Crippen LogP contribution in [0.25, 0.3) is 28.0 Å². The normalized spacial score (nSPS) is 11.7. The van der Waals surface area contributed by atoms with E-state index in [0.717, 1.165) is 12.1 Å². The van der Waals surface area contributed by atoms with E-state index in [2.05, 4.69) is 20.1 Å². The van der Waals surface area contributed by atoms with Gasteiger partial charge in [-0.3, -0.25) is 9.78 Å². The third-order valence-electron chi connectivity index (χ3n) is 5.19. The highest BCUT2D eigenvalue weighted by Crippen LogP contribution is 2.32. The third-order valence-corrected chi connectivity index (χ3v) is 5.19. The van der Waals surface area contributed by atoms with Crippen molar-refractivity contribution >= 4 is 16.9 Å². The van der Waals surface area contributed by atoms with Crippen LogP contribution >= 0.6 is 0 Å². The molecule has 0 spiro atoms. The van der Waals surface area contributed by atoms with Crippen molar-refractivity contribution in [1.29, 1.82) is 0 Å². The SMILES string of the molecule is Nc1ccnc(Cn2ccc(-n3nc(-c4ccc(C(F)(F)F)cc4)c4ncccc43)cc2=O)n1. The molecule has 0 aliphatic carbocycles. The maximum absolute atomic E-state index is 13.0. The first-order valence-corrected chi connectivity index (χ1v) is 10.1. The lowest BCUT2D eigenvalue weighted by Gasteiger charge is -2.08. The van der Waals surface area contributed by atoms with Crippen LogP contribution in [0.4, 0.5) is 19.0 Å². The summed E-state index contributed by atoms with van der Waals surface area (Å²) >= 11 is 0. The number of nitrogens with two attached hydrogens (primary N) is 1. The number of halogens is 3. The summed E-state index contributed by atoms with van der Waals surface area (Å²) in [5.41, 5.74) is 7.07. The maximum Gasteiger partial charge on any atom is 0.416 e. The van der Waals surface area contributed by atoms with Crippen molar-refractivity contribution in [3.8, 4) is 16.9 Å². The number of nitrogens with zero attached hydrogens (tertiary/aromatic N) is 6. The Kier molecular flexibility index (Phi) is 5.08. The number of anilines is 1. The molecule has 0 fully saturated rings. The zero-order valence-corrected chi connectivity index (χ0v) is 17.4. The fourth-order valence-corrected chi connectivity index (χ4v) is 3.56. The van der Waals surface area contributed by atoms with Crippen LogP contribution < -0.4 is 11.3 Å². The van der Waals surface area contributed by atoms with Crippen molar-refractivity contribution in [3.63, 3.8) is 0 Å². The minimum atomic E-state index is -4.43. The van der Waals surface area contributed by atoms with Gasteiger partial charge in [-0.1, -0.05) is 12.1 Å². The second-order valence-electron chi connectivity index (χ2n) is 7.46. The summed E-state index contributed by atoms with van der Waals surface area (Å²) in [5, 5.41) is 4.57. The third kappa shape index (κ3) is 3.98. The summed E-state index contributed by atoms with van der Waals surface area (Å²) in [6.45, 7) is 0.141. The van der Waals surface area contributed by atoms with Crippen molar-refractivity contribution in [1.82, 2.24) is 29.3 Å². The number of benzene rings is 1. The molecular formula is C23H16F3N7O. The number of pyridine rings is 2. The molecule has 170 valence electrons. The Bertz CT molecular complexity index is 1560. The van der Waals surface area contributed by atoms with Gasteiger partial charge in [-0.25, -0.2) is 14.6 Å². The fraction of sp³-hybridized carbons (Fsp3) is 0.0870. The lowest BCUT2D eigenvalue weighted by molar-refractivity contribution is -0.137. The van der Waals surface area contributed by atoms with Gasteiger partial charge in [0, 0.05) is 30.2 Å². The summed E-state index contributed by atoms with van der Waals surface area (Å²) in [4.78, 5) is 25.3. The lowest BCUT2D eigenvalue weighted by Crippen LogP contribution is -2.21. The Morgan fingerprint density at radius 1 is 0.971 bits per heavy atom. The summed E-state index contributed by atoms with van der Waals surface area (Å²) < 4.78 is 41.8.